The van der Waals surface area contributed by atoms with Gasteiger partial charge in [0, 0.05) is 0 Å². The van der Waals surface area contributed by atoms with Gasteiger partial charge in [-0.3, -0.25) is 4.57 Å². The van der Waals surface area contributed by atoms with Crippen molar-refractivity contribution in [3.8, 4) is 0 Å². The highest BCUT2D eigenvalue weighted by Crippen LogP contribution is 2.61. The lowest BCUT2D eigenvalue weighted by atomic mass is 9.98. The van der Waals surface area contributed by atoms with E-state index >= 15 is 0 Å². The number of hydrogen-bond acceptors (Lipinski definition) is 1. The Balaban J connectivity index is -0.000000680. The molecule has 0 rings (SSSR count). The van der Waals surface area contributed by atoms with Gasteiger partial charge in [-0.1, -0.05) is 0 Å². The predicted molar refractivity (Wildman–Crippen MR) is 77.2 cm³/mol. The number of alkyl halides is 28. The summed E-state index contributed by atoms with van der Waals surface area (Å²) < 4.78 is 341. The van der Waals surface area contributed by atoms with Gasteiger partial charge < -0.3 is 9.79 Å². The minimum atomic E-state index is -8.04. The quantitative estimate of drug-likeness (QED) is 0.211. The van der Waals surface area contributed by atoms with E-state index in [1.54, 1.807) is 0 Å². The third-order valence-corrected chi connectivity index (χ3v) is 3.79. The van der Waals surface area contributed by atoms with Gasteiger partial charge in [-0.2, -0.15) is 123 Å². The lowest BCUT2D eigenvalue weighted by Crippen LogP contribution is -2.69. The van der Waals surface area contributed by atoms with E-state index in [1.807, 2.05) is 0 Å². The van der Waals surface area contributed by atoms with E-state index in [9.17, 15) is 123 Å². The molecule has 270 valence electrons. The molecule has 0 spiro atoms. The summed E-state index contributed by atoms with van der Waals surface area (Å²) in [6, 6.07) is 0. The van der Waals surface area contributed by atoms with Crippen LogP contribution in [-0.4, -0.2) is 81.9 Å². The second kappa shape index (κ2) is 12.4. The molecule has 2 N–H and O–H groups in total. The van der Waals surface area contributed by atoms with Crippen molar-refractivity contribution >= 4 is 8.25 Å². The highest BCUT2D eigenvalue weighted by molar-refractivity contribution is 7.30. The second-order valence-corrected chi connectivity index (χ2v) is 7.43. The maximum atomic E-state index is 12.3. The number of rotatable bonds is 6. The van der Waals surface area contributed by atoms with Crippen molar-refractivity contribution < 1.29 is 137 Å². The summed E-state index contributed by atoms with van der Waals surface area (Å²) in [6.07, 6.45) is -29.9. The molecule has 0 aliphatic carbocycles. The smallest absolute Gasteiger partial charge is 0.326 e. The molecule has 3 nitrogen and oxygen atoms in total. The average Bonchev–Trinajstić information content (AvgIpc) is 2.69. The van der Waals surface area contributed by atoms with E-state index in [0.29, 0.717) is 0 Å². The third kappa shape index (κ3) is 7.94. The van der Waals surface area contributed by atoms with Crippen LogP contribution in [0.2, 0.25) is 0 Å². The van der Waals surface area contributed by atoms with Crippen LogP contribution in [0.1, 0.15) is 0 Å². The van der Waals surface area contributed by atoms with E-state index in [4.69, 9.17) is 14.4 Å². The molecule has 44 heavy (non-hydrogen) atoms. The Morgan fingerprint density at radius 3 is 0.364 bits per heavy atom. The van der Waals surface area contributed by atoms with Gasteiger partial charge >= 0.3 is 80.3 Å². The van der Waals surface area contributed by atoms with Crippen LogP contribution in [0.4, 0.5) is 123 Å². The van der Waals surface area contributed by atoms with Crippen LogP contribution >= 0.6 is 8.25 Å². The van der Waals surface area contributed by atoms with Crippen molar-refractivity contribution in [1.29, 1.82) is 0 Å². The fraction of sp³-hybridized carbons (Fsp3) is 1.00. The van der Waals surface area contributed by atoms with Crippen LogP contribution in [0.5, 0.6) is 0 Å². The molecule has 0 amide bonds. The molecule has 0 radical (unpaired) electrons. The monoisotopic (exact) mass is 758 g/mol. The highest BCUT2D eigenvalue weighted by atomic mass is 31.1. The van der Waals surface area contributed by atoms with Gasteiger partial charge in [0.15, 0.2) is 0 Å². The van der Waals surface area contributed by atoms with Crippen molar-refractivity contribution in [2.24, 2.45) is 0 Å². The number of hydrogen-bond donors (Lipinski definition) is 2. The summed E-state index contributed by atoms with van der Waals surface area (Å²) in [5, 5.41) is 0. The van der Waals surface area contributed by atoms with E-state index in [2.05, 4.69) is 0 Å². The third-order valence-electron chi connectivity index (χ3n) is 3.79. The lowest BCUT2D eigenvalue weighted by Gasteiger charge is -2.37. The molecule has 0 unspecified atom stereocenters. The molecule has 0 aliphatic rings. The predicted octanol–water partition coefficient (Wildman–Crippen LogP) is 8.67. The Labute approximate surface area is 219 Å². The van der Waals surface area contributed by atoms with Gasteiger partial charge in [-0.05, 0) is 0 Å². The molecule has 0 fully saturated rings. The van der Waals surface area contributed by atoms with Crippen LogP contribution in [0, 0.1) is 0 Å². The molecule has 0 aromatic heterocycles. The molecule has 0 saturated heterocycles. The topological polar surface area (TPSA) is 57.5 Å². The van der Waals surface area contributed by atoms with E-state index in [-0.39, 0.29) is 0 Å². The average molecular weight is 758 g/mol. The summed E-state index contributed by atoms with van der Waals surface area (Å²) in [5.41, 5.74) is 0. The van der Waals surface area contributed by atoms with E-state index in [0.717, 1.165) is 0 Å². The summed E-state index contributed by atoms with van der Waals surface area (Å²) >= 11 is 0. The Bertz CT molecular complexity index is 816. The molecule has 0 heterocycles. The van der Waals surface area contributed by atoms with Gasteiger partial charge in [0.1, 0.15) is 0 Å². The van der Waals surface area contributed by atoms with Gasteiger partial charge in [-0.15, -0.1) is 0 Å². The lowest BCUT2D eigenvalue weighted by molar-refractivity contribution is -0.451. The summed E-state index contributed by atoms with van der Waals surface area (Å²) in [7, 11) is -3.13. The zero-order valence-corrected chi connectivity index (χ0v) is 19.4. The molecule has 0 aliphatic heterocycles. The zero-order valence-electron chi connectivity index (χ0n) is 18.4. The highest BCUT2D eigenvalue weighted by Gasteiger charge is 2.92. The molecular formula is C12H3F28O3P. The van der Waals surface area contributed by atoms with Crippen LogP contribution in [0.25, 0.3) is 0 Å². The van der Waals surface area contributed by atoms with Crippen molar-refractivity contribution in [2.75, 3.05) is 0 Å². The molecule has 0 bridgehead atoms. The van der Waals surface area contributed by atoms with Gasteiger partial charge in [0.2, 0.25) is 0 Å². The van der Waals surface area contributed by atoms with Crippen LogP contribution in [0.3, 0.4) is 0 Å². The molecule has 0 aromatic carbocycles. The Kier molecular flexibility index (Phi) is 13.2. The molecule has 0 saturated carbocycles. The summed E-state index contributed by atoms with van der Waals surface area (Å²) in [4.78, 5) is 14.3. The minimum Gasteiger partial charge on any atom is -0.326 e. The SMILES string of the molecule is FC(F)(F)C(F)(F)C(F)(F)C(F)(F)C(F)(F)C(F)(F)F.FC(F)(F)C(F)(F)C(F)(F)C(F)(F)C(F)(F)C(F)(F)F.O=[PH](O)O. The van der Waals surface area contributed by atoms with Crippen molar-refractivity contribution in [3.63, 3.8) is 0 Å². The summed E-state index contributed by atoms with van der Waals surface area (Å²) in [6.45, 7) is 0. The number of halogens is 28. The Morgan fingerprint density at radius 2 is 0.318 bits per heavy atom. The Hall–Kier alpha value is -1.81. The van der Waals surface area contributed by atoms with Crippen LogP contribution in [0.15, 0.2) is 0 Å². The zero-order chi connectivity index (χ0) is 37.6. The normalized spacial score (nSPS) is 15.8. The van der Waals surface area contributed by atoms with Crippen molar-refractivity contribution in [3.05, 3.63) is 0 Å². The standard InChI is InChI=1S/2C6F14.H3O3P/c2*7-1(8,3(11,12)5(15,16)17)2(9,10)4(13,14)6(18,19)20;1-4(2)3/h;;4H,(H2,1,2,3). The fourth-order valence-electron chi connectivity index (χ4n) is 1.50. The Morgan fingerprint density at radius 1 is 0.250 bits per heavy atom. The fourth-order valence-corrected chi connectivity index (χ4v) is 1.50. The largest absolute Gasteiger partial charge is 0.460 e. The molecule has 0 aromatic rings. The first-order valence-electron chi connectivity index (χ1n) is 8.44. The second-order valence-electron chi connectivity index (χ2n) is 6.87. The van der Waals surface area contributed by atoms with E-state index in [1.165, 1.54) is 0 Å². The van der Waals surface area contributed by atoms with Gasteiger partial charge in [-0.25, -0.2) is 0 Å². The van der Waals surface area contributed by atoms with Crippen molar-refractivity contribution in [1.82, 2.24) is 0 Å². The van der Waals surface area contributed by atoms with Crippen molar-refractivity contribution in [2.45, 2.75) is 72.1 Å². The summed E-state index contributed by atoms with van der Waals surface area (Å²) in [5.74, 6) is -63.5. The molecular weight excluding hydrogens is 755 g/mol. The van der Waals surface area contributed by atoms with Crippen LogP contribution < -0.4 is 0 Å². The first-order valence-corrected chi connectivity index (χ1v) is 9.75. The maximum Gasteiger partial charge on any atom is 0.460 e. The van der Waals surface area contributed by atoms with Gasteiger partial charge in [0.05, 0.1) is 0 Å². The van der Waals surface area contributed by atoms with Gasteiger partial charge in [0.25, 0.3) is 0 Å². The molecule has 0 atom stereocenters. The first kappa shape index (κ1) is 46.6. The minimum absolute atomic E-state index is 3.13. The first-order chi connectivity index (χ1) is 18.2. The van der Waals surface area contributed by atoms with E-state index < -0.39 is 80.3 Å². The molecule has 32 heteroatoms. The maximum absolute atomic E-state index is 12.3. The van der Waals surface area contributed by atoms with Crippen LogP contribution in [-0.2, 0) is 4.57 Å².